The van der Waals surface area contributed by atoms with Crippen LogP contribution in [0.1, 0.15) is 38.2 Å². The smallest absolute Gasteiger partial charge is 0.358 e. The SMILES string of the molecule is CC1(ON=C(C(=O)O)c2ccc([N+](=O)[O-])cc2)CCCC1. The number of hydrogen-bond acceptors (Lipinski definition) is 5. The van der Waals surface area contributed by atoms with Gasteiger partial charge in [-0.05, 0) is 44.7 Å². The number of nitro benzene ring substituents is 1. The van der Waals surface area contributed by atoms with Crippen molar-refractivity contribution in [2.45, 2.75) is 38.2 Å². The molecule has 1 aromatic rings. The summed E-state index contributed by atoms with van der Waals surface area (Å²) in [6, 6.07) is 5.19. The second-order valence-electron chi connectivity index (χ2n) is 5.30. The quantitative estimate of drug-likeness (QED) is 0.510. The summed E-state index contributed by atoms with van der Waals surface area (Å²) in [5, 5.41) is 23.6. The van der Waals surface area contributed by atoms with E-state index in [9.17, 15) is 20.0 Å². The fourth-order valence-electron chi connectivity index (χ4n) is 2.33. The number of carboxylic acid groups (broad SMARTS) is 1. The maximum absolute atomic E-state index is 11.3. The number of oxime groups is 1. The minimum Gasteiger partial charge on any atom is -0.476 e. The van der Waals surface area contributed by atoms with Gasteiger partial charge in [-0.15, -0.1) is 0 Å². The van der Waals surface area contributed by atoms with Crippen LogP contribution < -0.4 is 0 Å². The number of rotatable bonds is 5. The number of non-ortho nitro benzene ring substituents is 1. The molecule has 1 aliphatic rings. The molecule has 0 aliphatic heterocycles. The number of carbonyl (C=O) groups is 1. The fourth-order valence-corrected chi connectivity index (χ4v) is 2.33. The lowest BCUT2D eigenvalue weighted by atomic mass is 10.1. The molecule has 0 radical (unpaired) electrons. The third kappa shape index (κ3) is 3.56. The lowest BCUT2D eigenvalue weighted by Gasteiger charge is -2.20. The first-order valence-electron chi connectivity index (χ1n) is 6.66. The number of nitrogens with zero attached hydrogens (tertiary/aromatic N) is 2. The molecule has 1 aliphatic carbocycles. The van der Waals surface area contributed by atoms with Crippen molar-refractivity contribution >= 4 is 17.4 Å². The molecule has 1 fully saturated rings. The summed E-state index contributed by atoms with van der Waals surface area (Å²) in [5.74, 6) is -1.23. The van der Waals surface area contributed by atoms with E-state index < -0.39 is 16.5 Å². The van der Waals surface area contributed by atoms with Gasteiger partial charge in [0.25, 0.3) is 5.69 Å². The van der Waals surface area contributed by atoms with Gasteiger partial charge in [0.05, 0.1) is 4.92 Å². The molecule has 0 saturated heterocycles. The van der Waals surface area contributed by atoms with Crippen molar-refractivity contribution in [1.29, 1.82) is 0 Å². The number of carboxylic acids is 1. The summed E-state index contributed by atoms with van der Waals surface area (Å²) in [7, 11) is 0. The number of hydrogen-bond donors (Lipinski definition) is 1. The van der Waals surface area contributed by atoms with Crippen molar-refractivity contribution in [3.63, 3.8) is 0 Å². The Kier molecular flexibility index (Phi) is 4.21. The van der Waals surface area contributed by atoms with Crippen molar-refractivity contribution in [2.75, 3.05) is 0 Å². The van der Waals surface area contributed by atoms with Crippen LogP contribution in [0.2, 0.25) is 0 Å². The van der Waals surface area contributed by atoms with E-state index in [2.05, 4.69) is 5.16 Å². The third-order valence-corrected chi connectivity index (χ3v) is 3.57. The van der Waals surface area contributed by atoms with Crippen molar-refractivity contribution in [1.82, 2.24) is 0 Å². The molecule has 0 amide bonds. The maximum Gasteiger partial charge on any atom is 0.358 e. The predicted octanol–water partition coefficient (Wildman–Crippen LogP) is 2.73. The van der Waals surface area contributed by atoms with Crippen LogP contribution in [0.4, 0.5) is 5.69 Å². The first kappa shape index (κ1) is 15.0. The standard InChI is InChI=1S/C14H16N2O5/c1-14(8-2-3-9-14)21-15-12(13(17)18)10-4-6-11(7-5-10)16(19)20/h4-7H,2-3,8-9H2,1H3,(H,17,18). The van der Waals surface area contributed by atoms with E-state index in [1.54, 1.807) is 0 Å². The van der Waals surface area contributed by atoms with Crippen LogP contribution in [0.15, 0.2) is 29.4 Å². The molecule has 0 aromatic heterocycles. The normalized spacial score (nSPS) is 17.5. The molecular formula is C14H16N2O5. The summed E-state index contributed by atoms with van der Waals surface area (Å²) in [4.78, 5) is 26.8. The van der Waals surface area contributed by atoms with Crippen molar-refractivity contribution in [3.05, 3.63) is 39.9 Å². The zero-order chi connectivity index (χ0) is 15.5. The predicted molar refractivity (Wildman–Crippen MR) is 75.2 cm³/mol. The molecule has 0 bridgehead atoms. The number of benzene rings is 1. The molecule has 1 saturated carbocycles. The average molecular weight is 292 g/mol. The average Bonchev–Trinajstić information content (AvgIpc) is 2.86. The second kappa shape index (κ2) is 5.90. The van der Waals surface area contributed by atoms with Gasteiger partial charge < -0.3 is 9.94 Å². The van der Waals surface area contributed by atoms with Crippen molar-refractivity contribution in [3.8, 4) is 0 Å². The highest BCUT2D eigenvalue weighted by atomic mass is 16.7. The highest BCUT2D eigenvalue weighted by Crippen LogP contribution is 2.32. The van der Waals surface area contributed by atoms with E-state index in [4.69, 9.17) is 4.84 Å². The van der Waals surface area contributed by atoms with E-state index >= 15 is 0 Å². The van der Waals surface area contributed by atoms with E-state index in [0.29, 0.717) is 0 Å². The zero-order valence-corrected chi connectivity index (χ0v) is 11.6. The summed E-state index contributed by atoms with van der Waals surface area (Å²) >= 11 is 0. The topological polar surface area (TPSA) is 102 Å². The Hall–Kier alpha value is -2.44. The number of aliphatic carboxylic acids is 1. The zero-order valence-electron chi connectivity index (χ0n) is 11.6. The Morgan fingerprint density at radius 3 is 2.38 bits per heavy atom. The van der Waals surface area contributed by atoms with Gasteiger partial charge >= 0.3 is 5.97 Å². The minimum atomic E-state index is -1.23. The third-order valence-electron chi connectivity index (χ3n) is 3.57. The van der Waals surface area contributed by atoms with Crippen LogP contribution in [-0.2, 0) is 9.63 Å². The Labute approximate surface area is 121 Å². The van der Waals surface area contributed by atoms with Gasteiger partial charge in [-0.2, -0.15) is 0 Å². The lowest BCUT2D eigenvalue weighted by Crippen LogP contribution is -2.24. The molecule has 1 N–H and O–H groups in total. The molecule has 7 heteroatoms. The van der Waals surface area contributed by atoms with Crippen LogP contribution in [0.3, 0.4) is 0 Å². The van der Waals surface area contributed by atoms with Gasteiger partial charge in [0.1, 0.15) is 5.60 Å². The van der Waals surface area contributed by atoms with E-state index in [-0.39, 0.29) is 17.0 Å². The first-order chi connectivity index (χ1) is 9.91. The summed E-state index contributed by atoms with van der Waals surface area (Å²) < 4.78 is 0. The van der Waals surface area contributed by atoms with E-state index in [0.717, 1.165) is 25.7 Å². The number of nitro groups is 1. The van der Waals surface area contributed by atoms with Crippen LogP contribution in [0.25, 0.3) is 0 Å². The molecule has 1 aromatic carbocycles. The van der Waals surface area contributed by atoms with Gasteiger partial charge in [0, 0.05) is 17.7 Å². The van der Waals surface area contributed by atoms with Crippen molar-refractivity contribution in [2.24, 2.45) is 5.16 Å². The van der Waals surface area contributed by atoms with Crippen LogP contribution in [-0.4, -0.2) is 27.3 Å². The largest absolute Gasteiger partial charge is 0.476 e. The van der Waals surface area contributed by atoms with E-state index in [1.807, 2.05) is 6.92 Å². The monoisotopic (exact) mass is 292 g/mol. The summed E-state index contributed by atoms with van der Waals surface area (Å²) in [6.45, 7) is 1.90. The van der Waals surface area contributed by atoms with Gasteiger partial charge in [-0.1, -0.05) is 5.16 Å². The fraction of sp³-hybridized carbons (Fsp3) is 0.429. The molecule has 0 heterocycles. The first-order valence-corrected chi connectivity index (χ1v) is 6.66. The van der Waals surface area contributed by atoms with Gasteiger partial charge in [0.2, 0.25) is 0 Å². The highest BCUT2D eigenvalue weighted by molar-refractivity contribution is 6.42. The van der Waals surface area contributed by atoms with Crippen LogP contribution in [0.5, 0.6) is 0 Å². The molecule has 21 heavy (non-hydrogen) atoms. The second-order valence-corrected chi connectivity index (χ2v) is 5.30. The summed E-state index contributed by atoms with van der Waals surface area (Å²) in [5.41, 5.74) is -0.513. The summed E-state index contributed by atoms with van der Waals surface area (Å²) in [6.07, 6.45) is 3.74. The van der Waals surface area contributed by atoms with Crippen LogP contribution >= 0.6 is 0 Å². The highest BCUT2D eigenvalue weighted by Gasteiger charge is 2.31. The Morgan fingerprint density at radius 2 is 1.90 bits per heavy atom. The Morgan fingerprint density at radius 1 is 1.33 bits per heavy atom. The Balaban J connectivity index is 2.22. The van der Waals surface area contributed by atoms with Crippen molar-refractivity contribution < 1.29 is 19.7 Å². The molecule has 0 unspecified atom stereocenters. The molecule has 0 atom stereocenters. The van der Waals surface area contributed by atoms with Gasteiger partial charge in [-0.3, -0.25) is 10.1 Å². The molecule has 7 nitrogen and oxygen atoms in total. The van der Waals surface area contributed by atoms with E-state index in [1.165, 1.54) is 24.3 Å². The van der Waals surface area contributed by atoms with Crippen LogP contribution in [0, 0.1) is 10.1 Å². The Bertz CT molecular complexity index is 574. The van der Waals surface area contributed by atoms with Gasteiger partial charge in [-0.25, -0.2) is 4.79 Å². The maximum atomic E-state index is 11.3. The molecular weight excluding hydrogens is 276 g/mol. The lowest BCUT2D eigenvalue weighted by molar-refractivity contribution is -0.384. The molecule has 0 spiro atoms. The van der Waals surface area contributed by atoms with Gasteiger partial charge in [0.15, 0.2) is 5.71 Å². The molecule has 2 rings (SSSR count). The minimum absolute atomic E-state index is 0.104. The molecule has 112 valence electrons.